The molecule has 0 saturated carbocycles. The fraction of sp³-hybridized carbons (Fsp3) is 0.455. The lowest BCUT2D eigenvalue weighted by atomic mass is 10.2. The van der Waals surface area contributed by atoms with Gasteiger partial charge in [-0.05, 0) is 12.1 Å². The number of nitrogen functional groups attached to an aromatic ring is 1. The SMILES string of the molecule is CN(CC(F)(F)F)c1cccc(S(=O)(=O)N(C)C)c1N. The lowest BCUT2D eigenvalue weighted by Crippen LogP contribution is -2.32. The number of hydrogen-bond acceptors (Lipinski definition) is 4. The van der Waals surface area contributed by atoms with Crippen molar-refractivity contribution < 1.29 is 21.6 Å². The summed E-state index contributed by atoms with van der Waals surface area (Å²) >= 11 is 0. The van der Waals surface area contributed by atoms with Gasteiger partial charge in [-0.15, -0.1) is 0 Å². The van der Waals surface area contributed by atoms with Gasteiger partial charge >= 0.3 is 6.18 Å². The van der Waals surface area contributed by atoms with Crippen molar-refractivity contribution in [2.24, 2.45) is 0 Å². The van der Waals surface area contributed by atoms with Gasteiger partial charge in [0.05, 0.1) is 11.4 Å². The van der Waals surface area contributed by atoms with Gasteiger partial charge in [0.1, 0.15) is 11.4 Å². The van der Waals surface area contributed by atoms with Crippen LogP contribution in [0.15, 0.2) is 23.1 Å². The number of rotatable bonds is 4. The Morgan fingerprint density at radius 1 is 1.20 bits per heavy atom. The van der Waals surface area contributed by atoms with Crippen LogP contribution in [0.25, 0.3) is 0 Å². The average molecular weight is 311 g/mol. The maximum absolute atomic E-state index is 12.4. The second-order valence-electron chi connectivity index (χ2n) is 4.45. The van der Waals surface area contributed by atoms with Crippen LogP contribution in [0.4, 0.5) is 24.5 Å². The Labute approximate surface area is 115 Å². The van der Waals surface area contributed by atoms with Crippen LogP contribution >= 0.6 is 0 Å². The van der Waals surface area contributed by atoms with Gasteiger partial charge in [-0.3, -0.25) is 0 Å². The Morgan fingerprint density at radius 3 is 2.20 bits per heavy atom. The van der Waals surface area contributed by atoms with Crippen LogP contribution in [0, 0.1) is 0 Å². The fourth-order valence-corrected chi connectivity index (χ4v) is 2.67. The molecule has 9 heteroatoms. The molecule has 0 unspecified atom stereocenters. The molecule has 0 bridgehead atoms. The monoisotopic (exact) mass is 311 g/mol. The third kappa shape index (κ3) is 3.54. The number of halogens is 3. The highest BCUT2D eigenvalue weighted by atomic mass is 32.2. The molecule has 0 aliphatic carbocycles. The summed E-state index contributed by atoms with van der Waals surface area (Å²) in [6, 6.07) is 3.96. The molecule has 1 aromatic carbocycles. The third-order valence-corrected chi connectivity index (χ3v) is 4.50. The van der Waals surface area contributed by atoms with E-state index in [4.69, 9.17) is 5.73 Å². The smallest absolute Gasteiger partial charge is 0.396 e. The number of para-hydroxylation sites is 1. The summed E-state index contributed by atoms with van der Waals surface area (Å²) in [6.45, 7) is -1.22. The highest BCUT2D eigenvalue weighted by Crippen LogP contribution is 2.31. The van der Waals surface area contributed by atoms with Crippen LogP contribution in [0.1, 0.15) is 0 Å². The van der Waals surface area contributed by atoms with Crippen LogP contribution < -0.4 is 10.6 Å². The van der Waals surface area contributed by atoms with Gasteiger partial charge in [-0.1, -0.05) is 6.07 Å². The quantitative estimate of drug-likeness (QED) is 0.856. The summed E-state index contributed by atoms with van der Waals surface area (Å²) in [5.74, 6) is 0. The minimum Gasteiger partial charge on any atom is -0.396 e. The third-order valence-electron chi connectivity index (χ3n) is 2.63. The molecule has 1 aromatic rings. The van der Waals surface area contributed by atoms with E-state index in [0.29, 0.717) is 0 Å². The molecule has 0 aromatic heterocycles. The Morgan fingerprint density at radius 2 is 1.75 bits per heavy atom. The first-order chi connectivity index (χ1) is 8.97. The van der Waals surface area contributed by atoms with Gasteiger partial charge in [0.15, 0.2) is 0 Å². The molecule has 0 aliphatic heterocycles. The van der Waals surface area contributed by atoms with Gasteiger partial charge in [0, 0.05) is 21.1 Å². The van der Waals surface area contributed by atoms with E-state index in [1.807, 2.05) is 0 Å². The Balaban J connectivity index is 3.27. The molecule has 0 atom stereocenters. The van der Waals surface area contributed by atoms with E-state index < -0.39 is 22.7 Å². The Bertz CT molecular complexity index is 585. The van der Waals surface area contributed by atoms with Crippen LogP contribution in [0.2, 0.25) is 0 Å². The van der Waals surface area contributed by atoms with Gasteiger partial charge in [0.25, 0.3) is 0 Å². The molecule has 2 N–H and O–H groups in total. The van der Waals surface area contributed by atoms with E-state index in [1.54, 1.807) is 0 Å². The first-order valence-electron chi connectivity index (χ1n) is 5.55. The number of nitrogens with two attached hydrogens (primary N) is 1. The molecule has 0 spiro atoms. The van der Waals surface area contributed by atoms with Crippen LogP contribution in [0.5, 0.6) is 0 Å². The van der Waals surface area contributed by atoms with Crippen molar-refractivity contribution in [2.45, 2.75) is 11.1 Å². The summed E-state index contributed by atoms with van der Waals surface area (Å²) in [5, 5.41) is 0. The van der Waals surface area contributed by atoms with Crippen molar-refractivity contribution in [2.75, 3.05) is 38.3 Å². The first kappa shape index (κ1) is 16.6. The second-order valence-corrected chi connectivity index (χ2v) is 6.57. The summed E-state index contributed by atoms with van der Waals surface area (Å²) < 4.78 is 62.1. The summed E-state index contributed by atoms with van der Waals surface area (Å²) in [5.41, 5.74) is 5.53. The number of hydrogen-bond donors (Lipinski definition) is 1. The number of nitrogens with zero attached hydrogens (tertiary/aromatic N) is 2. The van der Waals surface area contributed by atoms with Crippen LogP contribution in [-0.4, -0.2) is 46.6 Å². The van der Waals surface area contributed by atoms with Gasteiger partial charge in [-0.2, -0.15) is 13.2 Å². The van der Waals surface area contributed by atoms with Crippen molar-refractivity contribution in [3.8, 4) is 0 Å². The van der Waals surface area contributed by atoms with Gasteiger partial charge < -0.3 is 10.6 Å². The summed E-state index contributed by atoms with van der Waals surface area (Å²) in [6.07, 6.45) is -4.41. The molecule has 20 heavy (non-hydrogen) atoms. The fourth-order valence-electron chi connectivity index (χ4n) is 1.64. The minimum atomic E-state index is -4.41. The van der Waals surface area contributed by atoms with E-state index in [1.165, 1.54) is 39.3 Å². The maximum atomic E-state index is 12.4. The lowest BCUT2D eigenvalue weighted by Gasteiger charge is -2.24. The molecule has 0 amide bonds. The molecule has 0 radical (unpaired) electrons. The van der Waals surface area contributed by atoms with Crippen molar-refractivity contribution in [3.05, 3.63) is 18.2 Å². The molecule has 5 nitrogen and oxygen atoms in total. The highest BCUT2D eigenvalue weighted by molar-refractivity contribution is 7.89. The zero-order valence-corrected chi connectivity index (χ0v) is 12.1. The van der Waals surface area contributed by atoms with Gasteiger partial charge in [0.2, 0.25) is 10.0 Å². The predicted molar refractivity (Wildman–Crippen MR) is 71.1 cm³/mol. The Kier molecular flexibility index (Phi) is 4.55. The molecule has 0 aliphatic rings. The average Bonchev–Trinajstić information content (AvgIpc) is 2.26. The lowest BCUT2D eigenvalue weighted by molar-refractivity contribution is -0.119. The standard InChI is InChI=1S/C11H16F3N3O2S/c1-16(2)20(18,19)9-6-4-5-8(10(9)15)17(3)7-11(12,13)14/h4-6H,7,15H2,1-3H3. The molecular weight excluding hydrogens is 295 g/mol. The van der Waals surface area contributed by atoms with Crippen LogP contribution in [-0.2, 0) is 10.0 Å². The van der Waals surface area contributed by atoms with E-state index in [2.05, 4.69) is 0 Å². The predicted octanol–water partition coefficient (Wildman–Crippen LogP) is 1.52. The maximum Gasteiger partial charge on any atom is 0.405 e. The highest BCUT2D eigenvalue weighted by Gasteiger charge is 2.31. The van der Waals surface area contributed by atoms with Crippen molar-refractivity contribution >= 4 is 21.4 Å². The number of alkyl halides is 3. The zero-order chi connectivity index (χ0) is 15.7. The summed E-state index contributed by atoms with van der Waals surface area (Å²) in [7, 11) is 0.0334. The first-order valence-corrected chi connectivity index (χ1v) is 6.99. The molecule has 114 valence electrons. The van der Waals surface area contributed by atoms with Crippen molar-refractivity contribution in [1.29, 1.82) is 0 Å². The second kappa shape index (κ2) is 5.49. The molecule has 1 rings (SSSR count). The van der Waals surface area contributed by atoms with E-state index >= 15 is 0 Å². The topological polar surface area (TPSA) is 66.6 Å². The number of anilines is 2. The number of sulfonamides is 1. The largest absolute Gasteiger partial charge is 0.405 e. The van der Waals surface area contributed by atoms with Crippen molar-refractivity contribution in [1.82, 2.24) is 4.31 Å². The molecule has 0 heterocycles. The zero-order valence-electron chi connectivity index (χ0n) is 11.3. The number of benzene rings is 1. The van der Waals surface area contributed by atoms with Crippen LogP contribution in [0.3, 0.4) is 0 Å². The van der Waals surface area contributed by atoms with E-state index in [-0.39, 0.29) is 16.3 Å². The van der Waals surface area contributed by atoms with Crippen molar-refractivity contribution in [3.63, 3.8) is 0 Å². The van der Waals surface area contributed by atoms with Gasteiger partial charge in [-0.25, -0.2) is 12.7 Å². The minimum absolute atomic E-state index is 0.0188. The Hall–Kier alpha value is -1.48. The molecule has 0 saturated heterocycles. The normalized spacial score (nSPS) is 12.8. The summed E-state index contributed by atoms with van der Waals surface area (Å²) in [4.78, 5) is 0.651. The van der Waals surface area contributed by atoms with E-state index in [9.17, 15) is 21.6 Å². The molecular formula is C11H16F3N3O2S. The van der Waals surface area contributed by atoms with E-state index in [0.717, 1.165) is 9.21 Å². The molecule has 0 fully saturated rings.